The average molecular weight is 200 g/mol. The summed E-state index contributed by atoms with van der Waals surface area (Å²) in [6.45, 7) is 8.32. The fourth-order valence-corrected chi connectivity index (χ4v) is 1.92. The third kappa shape index (κ3) is 3.95. The van der Waals surface area contributed by atoms with Crippen molar-refractivity contribution in [3.05, 3.63) is 0 Å². The molecule has 0 bridgehead atoms. The van der Waals surface area contributed by atoms with Crippen LogP contribution in [0.2, 0.25) is 0 Å². The molecular weight excluding hydrogens is 176 g/mol. The van der Waals surface area contributed by atoms with E-state index in [1.807, 2.05) is 6.92 Å². The van der Waals surface area contributed by atoms with E-state index in [1.54, 1.807) is 0 Å². The maximum absolute atomic E-state index is 9.14. The van der Waals surface area contributed by atoms with Crippen molar-refractivity contribution in [3.63, 3.8) is 0 Å². The van der Waals surface area contributed by atoms with Crippen molar-refractivity contribution in [2.24, 2.45) is 5.41 Å². The molecule has 1 heterocycles. The van der Waals surface area contributed by atoms with Crippen LogP contribution < -0.4 is 5.32 Å². The Kier molecular flexibility index (Phi) is 4.35. The average Bonchev–Trinajstić information content (AvgIpc) is 2.10. The van der Waals surface area contributed by atoms with Gasteiger partial charge in [-0.3, -0.25) is 0 Å². The van der Waals surface area contributed by atoms with E-state index in [1.165, 1.54) is 25.9 Å². The van der Waals surface area contributed by atoms with Gasteiger partial charge in [-0.05, 0) is 45.3 Å². The lowest BCUT2D eigenvalue weighted by atomic mass is 9.80. The quantitative estimate of drug-likeness (QED) is 0.701. The lowest BCUT2D eigenvalue weighted by Gasteiger charge is -2.38. The maximum Gasteiger partial charge on any atom is 0.0636 e. The summed E-state index contributed by atoms with van der Waals surface area (Å²) in [4.78, 5) is 2.39. The van der Waals surface area contributed by atoms with Gasteiger partial charge in [0.1, 0.15) is 0 Å². The summed E-state index contributed by atoms with van der Waals surface area (Å²) in [5, 5.41) is 12.5. The van der Waals surface area contributed by atoms with Gasteiger partial charge in [-0.25, -0.2) is 0 Å². The molecule has 1 atom stereocenters. The van der Waals surface area contributed by atoms with Crippen LogP contribution in [0.15, 0.2) is 0 Å². The smallest absolute Gasteiger partial charge is 0.0636 e. The number of hydrogen-bond acceptors (Lipinski definition) is 3. The number of nitrogens with zero attached hydrogens (tertiary/aromatic N) is 1. The molecule has 1 aliphatic heterocycles. The Morgan fingerprint density at radius 1 is 1.43 bits per heavy atom. The van der Waals surface area contributed by atoms with Crippen LogP contribution >= 0.6 is 0 Å². The van der Waals surface area contributed by atoms with Crippen LogP contribution in [0.3, 0.4) is 0 Å². The Hall–Kier alpha value is -0.120. The molecule has 1 fully saturated rings. The van der Waals surface area contributed by atoms with Gasteiger partial charge in [-0.15, -0.1) is 0 Å². The molecule has 0 amide bonds. The molecule has 1 saturated heterocycles. The maximum atomic E-state index is 9.14. The fourth-order valence-electron chi connectivity index (χ4n) is 1.92. The van der Waals surface area contributed by atoms with E-state index >= 15 is 0 Å². The standard InChI is InChI=1S/C11H24N2O/c1-10(14)8-12-9-11(2)4-6-13(3)7-5-11/h10,12,14H,4-9H2,1-3H3/t10-/m0/s1. The largest absolute Gasteiger partial charge is 0.392 e. The SMILES string of the molecule is C[C@H](O)CNCC1(C)CCN(C)CC1. The third-order valence-corrected chi connectivity index (χ3v) is 3.19. The molecule has 0 aromatic rings. The van der Waals surface area contributed by atoms with Crippen molar-refractivity contribution in [1.29, 1.82) is 0 Å². The monoisotopic (exact) mass is 200 g/mol. The second kappa shape index (κ2) is 5.10. The Labute approximate surface area is 87.5 Å². The van der Waals surface area contributed by atoms with Crippen LogP contribution in [0, 0.1) is 5.41 Å². The molecule has 0 aromatic carbocycles. The lowest BCUT2D eigenvalue weighted by Crippen LogP contribution is -2.43. The van der Waals surface area contributed by atoms with Crippen LogP contribution in [0.4, 0.5) is 0 Å². The van der Waals surface area contributed by atoms with Gasteiger partial charge in [-0.2, -0.15) is 0 Å². The van der Waals surface area contributed by atoms with Crippen LogP contribution in [-0.4, -0.2) is 49.3 Å². The molecule has 14 heavy (non-hydrogen) atoms. The van der Waals surface area contributed by atoms with Crippen LogP contribution in [0.5, 0.6) is 0 Å². The molecular formula is C11H24N2O. The van der Waals surface area contributed by atoms with E-state index in [9.17, 15) is 0 Å². The predicted octanol–water partition coefficient (Wildman–Crippen LogP) is 0.689. The summed E-state index contributed by atoms with van der Waals surface area (Å²) in [5.74, 6) is 0. The summed E-state index contributed by atoms with van der Waals surface area (Å²) >= 11 is 0. The lowest BCUT2D eigenvalue weighted by molar-refractivity contribution is 0.127. The van der Waals surface area contributed by atoms with E-state index < -0.39 is 0 Å². The molecule has 3 nitrogen and oxygen atoms in total. The third-order valence-electron chi connectivity index (χ3n) is 3.19. The topological polar surface area (TPSA) is 35.5 Å². The summed E-state index contributed by atoms with van der Waals surface area (Å²) in [7, 11) is 2.18. The molecule has 0 spiro atoms. The number of rotatable bonds is 4. The van der Waals surface area contributed by atoms with Gasteiger partial charge in [0.2, 0.25) is 0 Å². The first-order valence-corrected chi connectivity index (χ1v) is 5.59. The van der Waals surface area contributed by atoms with Gasteiger partial charge in [-0.1, -0.05) is 6.92 Å². The number of nitrogens with one attached hydrogen (secondary N) is 1. The molecule has 0 saturated carbocycles. The van der Waals surface area contributed by atoms with Crippen molar-refractivity contribution in [2.45, 2.75) is 32.8 Å². The Balaban J connectivity index is 2.21. The minimum Gasteiger partial charge on any atom is -0.392 e. The first kappa shape index (κ1) is 12.0. The highest BCUT2D eigenvalue weighted by molar-refractivity contribution is 4.83. The van der Waals surface area contributed by atoms with Crippen LogP contribution in [-0.2, 0) is 0 Å². The molecule has 1 rings (SSSR count). The van der Waals surface area contributed by atoms with Crippen molar-refractivity contribution < 1.29 is 5.11 Å². The normalized spacial score (nSPS) is 24.9. The number of aliphatic hydroxyl groups excluding tert-OH is 1. The van der Waals surface area contributed by atoms with Gasteiger partial charge >= 0.3 is 0 Å². The van der Waals surface area contributed by atoms with Gasteiger partial charge in [0.25, 0.3) is 0 Å². The van der Waals surface area contributed by atoms with Crippen LogP contribution in [0.25, 0.3) is 0 Å². The molecule has 1 aliphatic rings. The van der Waals surface area contributed by atoms with Crippen molar-refractivity contribution in [1.82, 2.24) is 10.2 Å². The Morgan fingerprint density at radius 2 is 2.00 bits per heavy atom. The Bertz CT molecular complexity index is 163. The summed E-state index contributed by atoms with van der Waals surface area (Å²) in [6, 6.07) is 0. The van der Waals surface area contributed by atoms with E-state index in [-0.39, 0.29) is 6.10 Å². The highest BCUT2D eigenvalue weighted by Crippen LogP contribution is 2.29. The van der Waals surface area contributed by atoms with E-state index in [0.717, 1.165) is 6.54 Å². The zero-order valence-corrected chi connectivity index (χ0v) is 9.71. The van der Waals surface area contributed by atoms with Gasteiger partial charge in [0, 0.05) is 13.1 Å². The number of hydrogen-bond donors (Lipinski definition) is 2. The van der Waals surface area contributed by atoms with Crippen molar-refractivity contribution >= 4 is 0 Å². The molecule has 0 aliphatic carbocycles. The van der Waals surface area contributed by atoms with Gasteiger partial charge in [0.15, 0.2) is 0 Å². The van der Waals surface area contributed by atoms with E-state index in [4.69, 9.17) is 5.11 Å². The molecule has 2 N–H and O–H groups in total. The van der Waals surface area contributed by atoms with Gasteiger partial charge in [0.05, 0.1) is 6.10 Å². The number of aliphatic hydroxyl groups is 1. The van der Waals surface area contributed by atoms with Gasteiger partial charge < -0.3 is 15.3 Å². The summed E-state index contributed by atoms with van der Waals surface area (Å²) < 4.78 is 0. The number of likely N-dealkylation sites (tertiary alicyclic amines) is 1. The fraction of sp³-hybridized carbons (Fsp3) is 1.00. The zero-order valence-electron chi connectivity index (χ0n) is 9.71. The predicted molar refractivity (Wildman–Crippen MR) is 59.4 cm³/mol. The minimum atomic E-state index is -0.232. The molecule has 0 radical (unpaired) electrons. The first-order valence-electron chi connectivity index (χ1n) is 5.59. The highest BCUT2D eigenvalue weighted by atomic mass is 16.3. The molecule has 84 valence electrons. The Morgan fingerprint density at radius 3 is 2.50 bits per heavy atom. The summed E-state index contributed by atoms with van der Waals surface area (Å²) in [5.41, 5.74) is 0.432. The summed E-state index contributed by atoms with van der Waals surface area (Å²) in [6.07, 6.45) is 2.29. The van der Waals surface area contributed by atoms with Crippen LogP contribution in [0.1, 0.15) is 26.7 Å². The molecule has 0 aromatic heterocycles. The second-order valence-electron chi connectivity index (χ2n) is 5.09. The van der Waals surface area contributed by atoms with E-state index in [2.05, 4.69) is 24.2 Å². The second-order valence-corrected chi connectivity index (χ2v) is 5.09. The minimum absolute atomic E-state index is 0.232. The highest BCUT2D eigenvalue weighted by Gasteiger charge is 2.28. The zero-order chi connectivity index (χ0) is 10.6. The number of piperidine rings is 1. The molecule has 3 heteroatoms. The molecule has 0 unspecified atom stereocenters. The van der Waals surface area contributed by atoms with Crippen molar-refractivity contribution in [2.75, 3.05) is 33.2 Å². The first-order chi connectivity index (χ1) is 6.52. The van der Waals surface area contributed by atoms with E-state index in [0.29, 0.717) is 12.0 Å². The van der Waals surface area contributed by atoms with Crippen molar-refractivity contribution in [3.8, 4) is 0 Å².